The van der Waals surface area contributed by atoms with Gasteiger partial charge in [-0.2, -0.15) is 0 Å². The van der Waals surface area contributed by atoms with Crippen molar-refractivity contribution >= 4 is 0 Å². The van der Waals surface area contributed by atoms with E-state index in [9.17, 15) is 5.11 Å². The highest BCUT2D eigenvalue weighted by Crippen LogP contribution is 2.36. The molecule has 0 saturated carbocycles. The number of benzene rings is 1. The average Bonchev–Trinajstić information content (AvgIpc) is 2.29. The summed E-state index contributed by atoms with van der Waals surface area (Å²) < 4.78 is 5.27. The van der Waals surface area contributed by atoms with E-state index < -0.39 is 0 Å². The Morgan fingerprint density at radius 2 is 2.24 bits per heavy atom. The molecule has 0 bridgehead atoms. The maximum atomic E-state index is 9.91. The van der Waals surface area contributed by atoms with Gasteiger partial charge in [-0.05, 0) is 43.9 Å². The molecule has 1 saturated heterocycles. The van der Waals surface area contributed by atoms with Crippen LogP contribution in [-0.2, 0) is 4.74 Å². The Morgan fingerprint density at radius 3 is 2.94 bits per heavy atom. The molecule has 0 radical (unpaired) electrons. The van der Waals surface area contributed by atoms with Crippen molar-refractivity contribution in [1.29, 1.82) is 0 Å². The molecular formula is C14H21NO2. The highest BCUT2D eigenvalue weighted by atomic mass is 16.5. The Hall–Kier alpha value is -1.06. The molecule has 2 rings (SSSR count). The number of ether oxygens (including phenoxy) is 1. The third kappa shape index (κ3) is 2.79. The molecule has 1 aliphatic rings. The molecule has 1 aliphatic heterocycles. The Balaban J connectivity index is 2.15. The molecule has 1 heterocycles. The Bertz CT molecular complexity index is 376. The Labute approximate surface area is 103 Å². The lowest BCUT2D eigenvalue weighted by atomic mass is 9.79. The van der Waals surface area contributed by atoms with Gasteiger partial charge in [0.25, 0.3) is 0 Å². The lowest BCUT2D eigenvalue weighted by Crippen LogP contribution is -2.51. The Kier molecular flexibility index (Phi) is 3.69. The van der Waals surface area contributed by atoms with E-state index in [1.807, 2.05) is 18.2 Å². The fourth-order valence-electron chi connectivity index (χ4n) is 2.79. The highest BCUT2D eigenvalue weighted by Gasteiger charge is 2.33. The molecule has 0 aromatic heterocycles. The van der Waals surface area contributed by atoms with E-state index >= 15 is 0 Å². The van der Waals surface area contributed by atoms with Crippen LogP contribution in [0.15, 0.2) is 24.3 Å². The van der Waals surface area contributed by atoms with Gasteiger partial charge in [0, 0.05) is 12.6 Å². The van der Waals surface area contributed by atoms with Crippen LogP contribution in [0.1, 0.15) is 31.2 Å². The molecule has 1 fully saturated rings. The zero-order chi connectivity index (χ0) is 12.3. The number of rotatable bonds is 3. The van der Waals surface area contributed by atoms with Gasteiger partial charge in [0.1, 0.15) is 5.75 Å². The maximum Gasteiger partial charge on any atom is 0.119 e. The van der Waals surface area contributed by atoms with Crippen molar-refractivity contribution in [3.63, 3.8) is 0 Å². The van der Waals surface area contributed by atoms with Gasteiger partial charge in [0.05, 0.1) is 6.61 Å². The van der Waals surface area contributed by atoms with Gasteiger partial charge in [0.15, 0.2) is 0 Å². The first kappa shape index (κ1) is 12.4. The van der Waals surface area contributed by atoms with Gasteiger partial charge in [-0.1, -0.05) is 18.2 Å². The summed E-state index contributed by atoms with van der Waals surface area (Å²) in [6.07, 6.45) is 2.06. The molecule has 2 N–H and O–H groups in total. The lowest BCUT2D eigenvalue weighted by molar-refractivity contribution is 0.0943. The number of piperidine rings is 1. The highest BCUT2D eigenvalue weighted by molar-refractivity contribution is 5.35. The molecule has 0 aliphatic carbocycles. The van der Waals surface area contributed by atoms with Gasteiger partial charge in [-0.3, -0.25) is 0 Å². The van der Waals surface area contributed by atoms with Gasteiger partial charge in [0.2, 0.25) is 0 Å². The second-order valence-corrected chi connectivity index (χ2v) is 5.17. The van der Waals surface area contributed by atoms with Crippen molar-refractivity contribution in [3.05, 3.63) is 29.8 Å². The Morgan fingerprint density at radius 1 is 1.47 bits per heavy atom. The summed E-state index contributed by atoms with van der Waals surface area (Å²) in [5.41, 5.74) is 1.08. The third-order valence-electron chi connectivity index (χ3n) is 3.58. The van der Waals surface area contributed by atoms with Crippen LogP contribution < -0.4 is 5.32 Å². The minimum absolute atomic E-state index is 0.0138. The van der Waals surface area contributed by atoms with Gasteiger partial charge in [-0.25, -0.2) is 0 Å². The number of para-hydroxylation sites is 1. The molecule has 3 nitrogen and oxygen atoms in total. The fraction of sp³-hybridized carbons (Fsp3) is 0.571. The molecule has 2 unspecified atom stereocenters. The standard InChI is InChI=1S/C14H21NO2/c1-14(10-17-2)9-11(7-8-15-14)12-5-3-4-6-13(12)16/h3-6,11,15-16H,7-10H2,1-2H3. The van der Waals surface area contributed by atoms with Crippen molar-refractivity contribution in [3.8, 4) is 5.75 Å². The third-order valence-corrected chi connectivity index (χ3v) is 3.58. The molecule has 94 valence electrons. The van der Waals surface area contributed by atoms with E-state index in [0.29, 0.717) is 18.3 Å². The smallest absolute Gasteiger partial charge is 0.119 e. The van der Waals surface area contributed by atoms with Crippen LogP contribution in [0.3, 0.4) is 0 Å². The topological polar surface area (TPSA) is 41.5 Å². The minimum Gasteiger partial charge on any atom is -0.508 e. The van der Waals surface area contributed by atoms with E-state index in [0.717, 1.165) is 24.9 Å². The second-order valence-electron chi connectivity index (χ2n) is 5.17. The average molecular weight is 235 g/mol. The van der Waals surface area contributed by atoms with Crippen LogP contribution in [0.25, 0.3) is 0 Å². The molecule has 0 spiro atoms. The number of aromatic hydroxyl groups is 1. The summed E-state index contributed by atoms with van der Waals surface area (Å²) in [6, 6.07) is 7.66. The van der Waals surface area contributed by atoms with Crippen molar-refractivity contribution in [2.24, 2.45) is 0 Å². The van der Waals surface area contributed by atoms with E-state index in [-0.39, 0.29) is 5.54 Å². The first-order valence-electron chi connectivity index (χ1n) is 6.16. The van der Waals surface area contributed by atoms with E-state index in [1.165, 1.54) is 0 Å². The van der Waals surface area contributed by atoms with Crippen molar-refractivity contribution in [2.45, 2.75) is 31.2 Å². The van der Waals surface area contributed by atoms with Crippen molar-refractivity contribution in [1.82, 2.24) is 5.32 Å². The zero-order valence-corrected chi connectivity index (χ0v) is 10.6. The van der Waals surface area contributed by atoms with E-state index in [2.05, 4.69) is 12.2 Å². The molecule has 3 heteroatoms. The van der Waals surface area contributed by atoms with Crippen LogP contribution in [0.5, 0.6) is 5.75 Å². The quantitative estimate of drug-likeness (QED) is 0.844. The lowest BCUT2D eigenvalue weighted by Gasteiger charge is -2.39. The number of phenols is 1. The number of hydrogen-bond donors (Lipinski definition) is 2. The largest absolute Gasteiger partial charge is 0.508 e. The monoisotopic (exact) mass is 235 g/mol. The molecule has 0 amide bonds. The summed E-state index contributed by atoms with van der Waals surface area (Å²) in [5.74, 6) is 0.830. The molecule has 1 aromatic rings. The van der Waals surface area contributed by atoms with E-state index in [4.69, 9.17) is 4.74 Å². The number of phenolic OH excluding ortho intramolecular Hbond substituents is 1. The molecule has 1 aromatic carbocycles. The molecular weight excluding hydrogens is 214 g/mol. The van der Waals surface area contributed by atoms with Crippen LogP contribution in [0, 0.1) is 0 Å². The number of methoxy groups -OCH3 is 1. The van der Waals surface area contributed by atoms with Crippen LogP contribution >= 0.6 is 0 Å². The summed E-state index contributed by atoms with van der Waals surface area (Å²) in [6.45, 7) is 3.86. The minimum atomic E-state index is 0.0138. The fourth-order valence-corrected chi connectivity index (χ4v) is 2.79. The second kappa shape index (κ2) is 5.07. The summed E-state index contributed by atoms with van der Waals surface area (Å²) in [5, 5.41) is 13.4. The number of nitrogens with one attached hydrogen (secondary N) is 1. The summed E-state index contributed by atoms with van der Waals surface area (Å²) >= 11 is 0. The molecule has 2 atom stereocenters. The summed E-state index contributed by atoms with van der Waals surface area (Å²) in [7, 11) is 1.73. The maximum absolute atomic E-state index is 9.91. The van der Waals surface area contributed by atoms with Crippen molar-refractivity contribution in [2.75, 3.05) is 20.3 Å². The van der Waals surface area contributed by atoms with Crippen LogP contribution in [0.4, 0.5) is 0 Å². The predicted molar refractivity (Wildman–Crippen MR) is 68.4 cm³/mol. The van der Waals surface area contributed by atoms with Crippen LogP contribution in [0.2, 0.25) is 0 Å². The summed E-state index contributed by atoms with van der Waals surface area (Å²) in [4.78, 5) is 0. The molecule has 17 heavy (non-hydrogen) atoms. The first-order valence-corrected chi connectivity index (χ1v) is 6.16. The zero-order valence-electron chi connectivity index (χ0n) is 10.6. The van der Waals surface area contributed by atoms with Gasteiger partial charge in [-0.15, -0.1) is 0 Å². The normalized spacial score (nSPS) is 29.2. The van der Waals surface area contributed by atoms with Gasteiger partial charge < -0.3 is 15.2 Å². The van der Waals surface area contributed by atoms with Crippen molar-refractivity contribution < 1.29 is 9.84 Å². The predicted octanol–water partition coefficient (Wildman–Crippen LogP) is 2.26. The van der Waals surface area contributed by atoms with E-state index in [1.54, 1.807) is 13.2 Å². The van der Waals surface area contributed by atoms with Gasteiger partial charge >= 0.3 is 0 Å². The number of hydrogen-bond acceptors (Lipinski definition) is 3. The van der Waals surface area contributed by atoms with Crippen LogP contribution in [-0.4, -0.2) is 30.9 Å². The first-order chi connectivity index (χ1) is 8.14. The SMILES string of the molecule is COCC1(C)CC(c2ccccc2O)CCN1.